The van der Waals surface area contributed by atoms with Gasteiger partial charge in [0.1, 0.15) is 5.69 Å². The van der Waals surface area contributed by atoms with Crippen LogP contribution in [-0.4, -0.2) is 26.9 Å². The molecule has 2 aromatic rings. The Hall–Kier alpha value is -1.68. The van der Waals surface area contributed by atoms with Gasteiger partial charge in [0.15, 0.2) is 0 Å². The summed E-state index contributed by atoms with van der Waals surface area (Å²) in [5.41, 5.74) is 4.92. The summed E-state index contributed by atoms with van der Waals surface area (Å²) in [5, 5.41) is 10.6. The van der Waals surface area contributed by atoms with Gasteiger partial charge in [-0.3, -0.25) is 4.90 Å². The van der Waals surface area contributed by atoms with Crippen LogP contribution >= 0.6 is 0 Å². The number of fused-ring (bicyclic) bond motifs is 1. The van der Waals surface area contributed by atoms with Crippen molar-refractivity contribution >= 4 is 0 Å². The standard InChI is InChI=1S/C12H14N4/c1-2-16-7-10-4-3-9(5-11(10)8-16)12-6-13-15-14-12/h3-6H,2,7-8H2,1H3,(H,13,14,15). The molecule has 0 unspecified atom stereocenters. The van der Waals surface area contributed by atoms with Crippen molar-refractivity contribution in [2.24, 2.45) is 0 Å². The van der Waals surface area contributed by atoms with Gasteiger partial charge in [-0.25, -0.2) is 0 Å². The van der Waals surface area contributed by atoms with Gasteiger partial charge in [-0.1, -0.05) is 19.1 Å². The fourth-order valence-electron chi connectivity index (χ4n) is 2.19. The first kappa shape index (κ1) is 9.54. The van der Waals surface area contributed by atoms with Crippen molar-refractivity contribution in [3.05, 3.63) is 35.5 Å². The zero-order chi connectivity index (χ0) is 11.0. The number of hydrogen-bond acceptors (Lipinski definition) is 3. The van der Waals surface area contributed by atoms with E-state index in [1.807, 2.05) is 0 Å². The van der Waals surface area contributed by atoms with Gasteiger partial charge in [-0.15, -0.1) is 0 Å². The van der Waals surface area contributed by atoms with E-state index in [9.17, 15) is 0 Å². The Kier molecular flexibility index (Phi) is 2.22. The van der Waals surface area contributed by atoms with Gasteiger partial charge in [0, 0.05) is 18.7 Å². The van der Waals surface area contributed by atoms with Gasteiger partial charge in [0.25, 0.3) is 0 Å². The van der Waals surface area contributed by atoms with Crippen LogP contribution in [0.3, 0.4) is 0 Å². The van der Waals surface area contributed by atoms with Crippen molar-refractivity contribution < 1.29 is 0 Å². The van der Waals surface area contributed by atoms with E-state index in [4.69, 9.17) is 0 Å². The molecule has 82 valence electrons. The molecule has 1 aliphatic heterocycles. The average Bonchev–Trinajstić information content (AvgIpc) is 2.96. The molecule has 0 saturated carbocycles. The van der Waals surface area contributed by atoms with E-state index in [2.05, 4.69) is 45.4 Å². The van der Waals surface area contributed by atoms with Crippen molar-refractivity contribution in [2.75, 3.05) is 6.54 Å². The summed E-state index contributed by atoms with van der Waals surface area (Å²) >= 11 is 0. The van der Waals surface area contributed by atoms with Crippen LogP contribution in [0.5, 0.6) is 0 Å². The fraction of sp³-hybridized carbons (Fsp3) is 0.333. The van der Waals surface area contributed by atoms with E-state index in [1.54, 1.807) is 6.20 Å². The highest BCUT2D eigenvalue weighted by Gasteiger charge is 2.17. The van der Waals surface area contributed by atoms with Crippen LogP contribution in [0, 0.1) is 0 Å². The molecule has 1 aliphatic rings. The molecule has 3 rings (SSSR count). The minimum Gasteiger partial charge on any atom is -0.295 e. The Labute approximate surface area is 94.3 Å². The quantitative estimate of drug-likeness (QED) is 0.829. The predicted octanol–water partition coefficient (Wildman–Crippen LogP) is 1.81. The summed E-state index contributed by atoms with van der Waals surface area (Å²) in [6.07, 6.45) is 1.76. The van der Waals surface area contributed by atoms with Crippen LogP contribution < -0.4 is 0 Å². The van der Waals surface area contributed by atoms with E-state index in [0.717, 1.165) is 30.9 Å². The number of nitrogens with one attached hydrogen (secondary N) is 1. The van der Waals surface area contributed by atoms with E-state index in [-0.39, 0.29) is 0 Å². The van der Waals surface area contributed by atoms with Crippen LogP contribution in [0.4, 0.5) is 0 Å². The van der Waals surface area contributed by atoms with E-state index in [1.165, 1.54) is 11.1 Å². The smallest absolute Gasteiger partial charge is 0.112 e. The molecule has 1 aromatic heterocycles. The van der Waals surface area contributed by atoms with Gasteiger partial charge in [0.05, 0.1) is 6.20 Å². The number of aromatic amines is 1. The molecule has 4 heteroatoms. The lowest BCUT2D eigenvalue weighted by Crippen LogP contribution is -2.14. The highest BCUT2D eigenvalue weighted by Crippen LogP contribution is 2.26. The number of hydrogen-bond donors (Lipinski definition) is 1. The Balaban J connectivity index is 1.96. The van der Waals surface area contributed by atoms with Gasteiger partial charge < -0.3 is 0 Å². The minimum absolute atomic E-state index is 0.915. The van der Waals surface area contributed by atoms with Gasteiger partial charge in [-0.05, 0) is 23.7 Å². The summed E-state index contributed by atoms with van der Waals surface area (Å²) in [5.74, 6) is 0. The lowest BCUT2D eigenvalue weighted by molar-refractivity contribution is 0.301. The molecule has 0 radical (unpaired) electrons. The first-order valence-corrected chi connectivity index (χ1v) is 5.57. The second kappa shape index (κ2) is 3.72. The minimum atomic E-state index is 0.915. The fourth-order valence-corrected chi connectivity index (χ4v) is 2.19. The molecule has 0 saturated heterocycles. The maximum atomic E-state index is 4.10. The van der Waals surface area contributed by atoms with Crippen LogP contribution in [-0.2, 0) is 13.1 Å². The number of H-pyrrole nitrogens is 1. The Morgan fingerprint density at radius 1 is 1.31 bits per heavy atom. The molecule has 0 aliphatic carbocycles. The second-order valence-electron chi connectivity index (χ2n) is 4.14. The highest BCUT2D eigenvalue weighted by molar-refractivity contribution is 5.60. The normalized spacial score (nSPS) is 15.3. The summed E-state index contributed by atoms with van der Waals surface area (Å²) in [4.78, 5) is 2.43. The third-order valence-corrected chi connectivity index (χ3v) is 3.15. The molecule has 0 fully saturated rings. The molecule has 4 nitrogen and oxygen atoms in total. The zero-order valence-corrected chi connectivity index (χ0v) is 9.27. The predicted molar refractivity (Wildman–Crippen MR) is 61.6 cm³/mol. The third-order valence-electron chi connectivity index (χ3n) is 3.15. The third kappa shape index (κ3) is 1.51. The second-order valence-corrected chi connectivity index (χ2v) is 4.14. The lowest BCUT2D eigenvalue weighted by atomic mass is 10.1. The van der Waals surface area contributed by atoms with Crippen molar-refractivity contribution in [1.82, 2.24) is 20.3 Å². The molecule has 1 aromatic carbocycles. The van der Waals surface area contributed by atoms with E-state index >= 15 is 0 Å². The van der Waals surface area contributed by atoms with Gasteiger partial charge in [-0.2, -0.15) is 15.4 Å². The van der Waals surface area contributed by atoms with Gasteiger partial charge in [0.2, 0.25) is 0 Å². The number of aromatic nitrogens is 3. The number of benzene rings is 1. The van der Waals surface area contributed by atoms with Crippen LogP contribution in [0.15, 0.2) is 24.4 Å². The average molecular weight is 214 g/mol. The summed E-state index contributed by atoms with van der Waals surface area (Å²) in [6.45, 7) is 5.43. The Morgan fingerprint density at radius 2 is 2.19 bits per heavy atom. The number of nitrogens with zero attached hydrogens (tertiary/aromatic N) is 3. The largest absolute Gasteiger partial charge is 0.295 e. The van der Waals surface area contributed by atoms with Crippen LogP contribution in [0.1, 0.15) is 18.1 Å². The molecular formula is C12H14N4. The zero-order valence-electron chi connectivity index (χ0n) is 9.27. The first-order valence-electron chi connectivity index (χ1n) is 5.57. The molecule has 2 heterocycles. The maximum Gasteiger partial charge on any atom is 0.112 e. The molecule has 0 amide bonds. The molecular weight excluding hydrogens is 200 g/mol. The number of rotatable bonds is 2. The highest BCUT2D eigenvalue weighted by atomic mass is 15.3. The van der Waals surface area contributed by atoms with E-state index in [0.29, 0.717) is 0 Å². The summed E-state index contributed by atoms with van der Waals surface area (Å²) in [7, 11) is 0. The van der Waals surface area contributed by atoms with Crippen molar-refractivity contribution in [3.8, 4) is 11.3 Å². The summed E-state index contributed by atoms with van der Waals surface area (Å²) in [6, 6.07) is 6.55. The van der Waals surface area contributed by atoms with Crippen molar-refractivity contribution in [2.45, 2.75) is 20.0 Å². The Morgan fingerprint density at radius 3 is 2.94 bits per heavy atom. The topological polar surface area (TPSA) is 44.8 Å². The van der Waals surface area contributed by atoms with Crippen LogP contribution in [0.2, 0.25) is 0 Å². The van der Waals surface area contributed by atoms with Gasteiger partial charge >= 0.3 is 0 Å². The van der Waals surface area contributed by atoms with Crippen LogP contribution in [0.25, 0.3) is 11.3 Å². The molecule has 0 spiro atoms. The first-order chi connectivity index (χ1) is 7.86. The van der Waals surface area contributed by atoms with Crippen molar-refractivity contribution in [3.63, 3.8) is 0 Å². The summed E-state index contributed by atoms with van der Waals surface area (Å²) < 4.78 is 0. The van der Waals surface area contributed by atoms with E-state index < -0.39 is 0 Å². The lowest BCUT2D eigenvalue weighted by Gasteiger charge is -2.09. The maximum absolute atomic E-state index is 4.10. The molecule has 1 N–H and O–H groups in total. The molecule has 16 heavy (non-hydrogen) atoms. The Bertz CT molecular complexity index is 490. The SMILES string of the molecule is CCN1Cc2ccc(-c3cn[nH]n3)cc2C1. The monoisotopic (exact) mass is 214 g/mol. The molecule has 0 atom stereocenters. The molecule has 0 bridgehead atoms. The van der Waals surface area contributed by atoms with Crippen molar-refractivity contribution in [1.29, 1.82) is 0 Å².